The second-order valence-corrected chi connectivity index (χ2v) is 6.99. The van der Waals surface area contributed by atoms with Gasteiger partial charge in [0.1, 0.15) is 5.69 Å². The summed E-state index contributed by atoms with van der Waals surface area (Å²) in [6.07, 6.45) is 2.01. The number of nitro groups is 1. The van der Waals surface area contributed by atoms with Gasteiger partial charge in [-0.3, -0.25) is 14.9 Å². The minimum atomic E-state index is -0.460. The summed E-state index contributed by atoms with van der Waals surface area (Å²) in [4.78, 5) is 25.3. The second-order valence-electron chi connectivity index (χ2n) is 6.99. The van der Waals surface area contributed by atoms with Gasteiger partial charge in [-0.1, -0.05) is 6.07 Å². The fraction of sp³-hybridized carbons (Fsp3) is 0.381. The summed E-state index contributed by atoms with van der Waals surface area (Å²) >= 11 is 0. The molecule has 1 N–H and O–H groups in total. The van der Waals surface area contributed by atoms with Crippen molar-refractivity contribution in [2.24, 2.45) is 0 Å². The summed E-state index contributed by atoms with van der Waals surface area (Å²) in [7, 11) is 3.22. The van der Waals surface area contributed by atoms with Crippen molar-refractivity contribution in [2.45, 2.75) is 32.4 Å². The highest BCUT2D eigenvalue weighted by Gasteiger charge is 2.26. The van der Waals surface area contributed by atoms with Crippen molar-refractivity contribution in [3.63, 3.8) is 0 Å². The van der Waals surface area contributed by atoms with E-state index in [0.29, 0.717) is 30.3 Å². The number of rotatable bonds is 9. The van der Waals surface area contributed by atoms with Crippen molar-refractivity contribution in [3.8, 4) is 11.5 Å². The average Bonchev–Trinajstić information content (AvgIpc) is 3.52. The molecule has 0 bridgehead atoms. The number of hydrogen-bond donors (Lipinski definition) is 1. The zero-order chi connectivity index (χ0) is 21.0. The van der Waals surface area contributed by atoms with Crippen LogP contribution in [0.4, 0.5) is 11.4 Å². The maximum Gasteiger partial charge on any atom is 0.293 e. The molecule has 0 unspecified atom stereocenters. The van der Waals surface area contributed by atoms with Crippen LogP contribution in [0.2, 0.25) is 0 Å². The number of hydrogen-bond acceptors (Lipinski definition) is 6. The third-order valence-corrected chi connectivity index (χ3v) is 4.67. The Labute approximate surface area is 169 Å². The van der Waals surface area contributed by atoms with Crippen LogP contribution < -0.4 is 14.8 Å². The summed E-state index contributed by atoms with van der Waals surface area (Å²) < 4.78 is 10.9. The number of benzene rings is 2. The third-order valence-electron chi connectivity index (χ3n) is 4.67. The van der Waals surface area contributed by atoms with Crippen molar-refractivity contribution >= 4 is 17.3 Å². The van der Waals surface area contributed by atoms with Crippen molar-refractivity contribution in [2.75, 3.05) is 26.1 Å². The smallest absolute Gasteiger partial charge is 0.293 e. The molecule has 1 aliphatic carbocycles. The van der Waals surface area contributed by atoms with Gasteiger partial charge in [0.05, 0.1) is 18.6 Å². The maximum atomic E-state index is 12.8. The molecule has 3 rings (SSSR count). The SMILES string of the molecule is CCOc1ccc(CN(C)C(=O)c2ccc(NC3CC3)c([N+](=O)[O-])c2)cc1OC. The highest BCUT2D eigenvalue weighted by molar-refractivity contribution is 5.95. The molecule has 8 heteroatoms. The van der Waals surface area contributed by atoms with Crippen LogP contribution in [-0.4, -0.2) is 42.5 Å². The standard InChI is InChI=1S/C21H25N3O5/c1-4-29-19-10-5-14(11-20(19)28-3)13-23(2)21(25)15-6-9-17(22-16-7-8-16)18(12-15)24(26)27/h5-6,9-12,16,22H,4,7-8,13H2,1-3H3. The molecular weight excluding hydrogens is 374 g/mol. The Morgan fingerprint density at radius 2 is 2.00 bits per heavy atom. The van der Waals surface area contributed by atoms with Gasteiger partial charge in [0.25, 0.3) is 11.6 Å². The molecule has 0 heterocycles. The van der Waals surface area contributed by atoms with Crippen LogP contribution in [-0.2, 0) is 6.54 Å². The highest BCUT2D eigenvalue weighted by Crippen LogP contribution is 2.32. The molecule has 0 aromatic heterocycles. The molecule has 1 aliphatic rings. The molecule has 154 valence electrons. The third kappa shape index (κ3) is 4.96. The fourth-order valence-corrected chi connectivity index (χ4v) is 3.04. The minimum absolute atomic E-state index is 0.0844. The molecule has 1 saturated carbocycles. The molecule has 1 amide bonds. The first kappa shape index (κ1) is 20.4. The molecule has 1 fully saturated rings. The van der Waals surface area contributed by atoms with E-state index in [1.54, 1.807) is 32.4 Å². The van der Waals surface area contributed by atoms with E-state index in [1.165, 1.54) is 11.0 Å². The Kier molecular flexibility index (Phi) is 6.21. The Morgan fingerprint density at radius 1 is 1.24 bits per heavy atom. The predicted molar refractivity (Wildman–Crippen MR) is 110 cm³/mol. The van der Waals surface area contributed by atoms with Gasteiger partial charge in [-0.05, 0) is 49.6 Å². The summed E-state index contributed by atoms with van der Waals surface area (Å²) in [5.74, 6) is 0.942. The zero-order valence-corrected chi connectivity index (χ0v) is 16.8. The van der Waals surface area contributed by atoms with Crippen LogP contribution in [0.5, 0.6) is 11.5 Å². The van der Waals surface area contributed by atoms with Gasteiger partial charge in [0.15, 0.2) is 11.5 Å². The van der Waals surface area contributed by atoms with Crippen LogP contribution >= 0.6 is 0 Å². The molecule has 0 spiro atoms. The molecule has 0 saturated heterocycles. The fourth-order valence-electron chi connectivity index (χ4n) is 3.04. The summed E-state index contributed by atoms with van der Waals surface area (Å²) in [5, 5.41) is 14.6. The van der Waals surface area contributed by atoms with Crippen molar-refractivity contribution < 1.29 is 19.2 Å². The Morgan fingerprint density at radius 3 is 2.62 bits per heavy atom. The number of nitrogens with one attached hydrogen (secondary N) is 1. The van der Waals surface area contributed by atoms with Crippen LogP contribution in [0, 0.1) is 10.1 Å². The monoisotopic (exact) mass is 399 g/mol. The van der Waals surface area contributed by atoms with E-state index in [1.807, 2.05) is 19.1 Å². The molecule has 29 heavy (non-hydrogen) atoms. The number of ether oxygens (including phenoxy) is 2. The second kappa shape index (κ2) is 8.81. The molecule has 2 aromatic carbocycles. The Balaban J connectivity index is 1.75. The van der Waals surface area contributed by atoms with Crippen LogP contribution in [0.1, 0.15) is 35.7 Å². The van der Waals surface area contributed by atoms with E-state index in [2.05, 4.69) is 5.32 Å². The minimum Gasteiger partial charge on any atom is -0.493 e. The summed E-state index contributed by atoms with van der Waals surface area (Å²) in [6.45, 7) is 2.75. The van der Waals surface area contributed by atoms with Gasteiger partial charge in [-0.2, -0.15) is 0 Å². The van der Waals surface area contributed by atoms with E-state index in [0.717, 1.165) is 18.4 Å². The normalized spacial score (nSPS) is 12.9. The van der Waals surface area contributed by atoms with Gasteiger partial charge in [0.2, 0.25) is 0 Å². The molecule has 0 atom stereocenters. The lowest BCUT2D eigenvalue weighted by Crippen LogP contribution is -2.26. The predicted octanol–water partition coefficient (Wildman–Crippen LogP) is 3.85. The first-order chi connectivity index (χ1) is 13.9. The first-order valence-electron chi connectivity index (χ1n) is 9.53. The summed E-state index contributed by atoms with van der Waals surface area (Å²) in [6, 6.07) is 10.3. The van der Waals surface area contributed by atoms with E-state index in [4.69, 9.17) is 9.47 Å². The Bertz CT molecular complexity index is 911. The van der Waals surface area contributed by atoms with E-state index >= 15 is 0 Å². The number of methoxy groups -OCH3 is 1. The average molecular weight is 399 g/mol. The van der Waals surface area contributed by atoms with E-state index in [-0.39, 0.29) is 23.2 Å². The Hall–Kier alpha value is -3.29. The quantitative estimate of drug-likeness (QED) is 0.508. The molecule has 0 radical (unpaired) electrons. The molecular formula is C21H25N3O5. The van der Waals surface area contributed by atoms with Gasteiger partial charge < -0.3 is 19.7 Å². The topological polar surface area (TPSA) is 93.9 Å². The molecule has 2 aromatic rings. The van der Waals surface area contributed by atoms with Gasteiger partial charge >= 0.3 is 0 Å². The number of carbonyl (C=O) groups excluding carboxylic acids is 1. The number of carbonyl (C=O) groups is 1. The van der Waals surface area contributed by atoms with Crippen molar-refractivity contribution in [3.05, 3.63) is 57.6 Å². The summed E-state index contributed by atoms with van der Waals surface area (Å²) in [5.41, 5.74) is 1.51. The first-order valence-corrected chi connectivity index (χ1v) is 9.53. The van der Waals surface area contributed by atoms with Crippen LogP contribution in [0.15, 0.2) is 36.4 Å². The van der Waals surface area contributed by atoms with Crippen LogP contribution in [0.25, 0.3) is 0 Å². The van der Waals surface area contributed by atoms with Crippen LogP contribution in [0.3, 0.4) is 0 Å². The van der Waals surface area contributed by atoms with E-state index in [9.17, 15) is 14.9 Å². The van der Waals surface area contributed by atoms with Gasteiger partial charge in [0, 0.05) is 31.3 Å². The lowest BCUT2D eigenvalue weighted by atomic mass is 10.1. The van der Waals surface area contributed by atoms with Gasteiger partial charge in [-0.25, -0.2) is 0 Å². The van der Waals surface area contributed by atoms with Crippen molar-refractivity contribution in [1.82, 2.24) is 4.90 Å². The number of nitro benzene ring substituents is 1. The lowest BCUT2D eigenvalue weighted by molar-refractivity contribution is -0.384. The molecule has 0 aliphatic heterocycles. The number of anilines is 1. The molecule has 8 nitrogen and oxygen atoms in total. The van der Waals surface area contributed by atoms with Gasteiger partial charge in [-0.15, -0.1) is 0 Å². The zero-order valence-electron chi connectivity index (χ0n) is 16.8. The number of amides is 1. The highest BCUT2D eigenvalue weighted by atomic mass is 16.6. The maximum absolute atomic E-state index is 12.8. The lowest BCUT2D eigenvalue weighted by Gasteiger charge is -2.19. The largest absolute Gasteiger partial charge is 0.493 e. The number of nitrogens with zero attached hydrogens (tertiary/aromatic N) is 2. The van der Waals surface area contributed by atoms with Crippen molar-refractivity contribution in [1.29, 1.82) is 0 Å². The van der Waals surface area contributed by atoms with E-state index < -0.39 is 4.92 Å².